The number of rotatable bonds is 0. The van der Waals surface area contributed by atoms with E-state index in [1.54, 1.807) is 0 Å². The second-order valence-electron chi connectivity index (χ2n) is 5.02. The van der Waals surface area contributed by atoms with Gasteiger partial charge in [0, 0.05) is 9.49 Å². The van der Waals surface area contributed by atoms with Crippen LogP contribution in [0.4, 0.5) is 0 Å². The predicted octanol–water partition coefficient (Wildman–Crippen LogP) is 3.73. The van der Waals surface area contributed by atoms with Crippen molar-refractivity contribution in [3.63, 3.8) is 0 Å². The topological polar surface area (TPSA) is 20.2 Å². The molecule has 0 aliphatic carbocycles. The molecule has 0 aromatic heterocycles. The molecule has 82 valence electrons. The fourth-order valence-electron chi connectivity index (χ4n) is 1.65. The minimum Gasteiger partial charge on any atom is -0.354 e. The molecule has 0 radical (unpaired) electrons. The van der Waals surface area contributed by atoms with Crippen LogP contribution in [0.5, 0.6) is 0 Å². The average molecular weight is 260 g/mol. The summed E-state index contributed by atoms with van der Waals surface area (Å²) in [5.41, 5.74) is 0. The van der Waals surface area contributed by atoms with Crippen molar-refractivity contribution < 1.29 is 4.89 Å². The Morgan fingerprint density at radius 1 is 0.923 bits per heavy atom. The Balaban J connectivity index is 5.56. The molecule has 5 heteroatoms. The monoisotopic (exact) mass is 260 g/mol. The summed E-state index contributed by atoms with van der Waals surface area (Å²) in [6.45, 7) is 12.8. The molecule has 0 rings (SSSR count). The highest BCUT2D eigenvalue weighted by atomic mass is 33.2. The molecule has 0 spiro atoms. The van der Waals surface area contributed by atoms with Gasteiger partial charge in [0.15, 0.2) is 0 Å². The van der Waals surface area contributed by atoms with Crippen LogP contribution in [0.1, 0.15) is 41.5 Å². The van der Waals surface area contributed by atoms with Gasteiger partial charge >= 0.3 is 0 Å². The molecule has 0 atom stereocenters. The smallest absolute Gasteiger partial charge is 0.128 e. The molecule has 0 amide bonds. The lowest BCUT2D eigenvalue weighted by atomic mass is 10.2. The molecule has 0 bridgehead atoms. The van der Waals surface area contributed by atoms with Gasteiger partial charge in [0.2, 0.25) is 0 Å². The molecule has 0 aliphatic rings. The molecular weight excluding hydrogens is 239 g/mol. The molecule has 0 aromatic rings. The summed E-state index contributed by atoms with van der Waals surface area (Å²) in [5, 5.41) is 0. The van der Waals surface area contributed by atoms with Gasteiger partial charge in [-0.2, -0.15) is 0 Å². The van der Waals surface area contributed by atoms with Crippen molar-refractivity contribution in [1.82, 2.24) is 0 Å². The zero-order chi connectivity index (χ0) is 11.1. The van der Waals surface area contributed by atoms with E-state index in [1.807, 2.05) is 0 Å². The SMILES string of the molecule is CC(C)(C)S(C(C)(C)C)=P(O)(S)S. The van der Waals surface area contributed by atoms with E-state index in [9.17, 15) is 4.89 Å². The van der Waals surface area contributed by atoms with Crippen LogP contribution in [0, 0.1) is 0 Å². The van der Waals surface area contributed by atoms with Crippen molar-refractivity contribution in [2.24, 2.45) is 0 Å². The zero-order valence-corrected chi connectivity index (χ0v) is 12.7. The van der Waals surface area contributed by atoms with Gasteiger partial charge in [-0.25, -0.2) is 0 Å². The summed E-state index contributed by atoms with van der Waals surface area (Å²) < 4.78 is -2.23. The Morgan fingerprint density at radius 2 is 1.15 bits per heavy atom. The summed E-state index contributed by atoms with van der Waals surface area (Å²) in [5.74, 6) is 0. The summed E-state index contributed by atoms with van der Waals surface area (Å²) in [6.07, 6.45) is 0. The Morgan fingerprint density at radius 3 is 1.15 bits per heavy atom. The van der Waals surface area contributed by atoms with Gasteiger partial charge in [0.1, 0.15) is 4.67 Å². The van der Waals surface area contributed by atoms with E-state index < -0.39 is 4.67 Å². The van der Waals surface area contributed by atoms with E-state index in [0.29, 0.717) is 0 Å². The first-order valence-electron chi connectivity index (χ1n) is 4.19. The van der Waals surface area contributed by atoms with Crippen LogP contribution < -0.4 is 0 Å². The van der Waals surface area contributed by atoms with Crippen molar-refractivity contribution in [2.75, 3.05) is 0 Å². The Labute approximate surface area is 95.0 Å². The predicted molar refractivity (Wildman–Crippen MR) is 74.0 cm³/mol. The summed E-state index contributed by atoms with van der Waals surface area (Å²) in [4.78, 5) is 10.0. The lowest BCUT2D eigenvalue weighted by Crippen LogP contribution is -2.35. The molecule has 0 aliphatic heterocycles. The summed E-state index contributed by atoms with van der Waals surface area (Å²) in [6, 6.07) is 0. The molecule has 0 aromatic carbocycles. The third-order valence-electron chi connectivity index (χ3n) is 1.41. The highest BCUT2D eigenvalue weighted by molar-refractivity contribution is 8.94. The van der Waals surface area contributed by atoms with Gasteiger partial charge in [-0.3, -0.25) is 0 Å². The molecule has 1 N–H and O–H groups in total. The van der Waals surface area contributed by atoms with E-state index in [0.717, 1.165) is 0 Å². The maximum Gasteiger partial charge on any atom is 0.128 e. The third kappa shape index (κ3) is 4.65. The number of thiol groups is 2. The highest BCUT2D eigenvalue weighted by Gasteiger charge is 2.32. The van der Waals surface area contributed by atoms with Crippen LogP contribution in [-0.4, -0.2) is 14.4 Å². The van der Waals surface area contributed by atoms with Crippen LogP contribution in [-0.2, 0) is 10.1 Å². The Kier molecular flexibility index (Phi) is 4.59. The summed E-state index contributed by atoms with van der Waals surface area (Å²) >= 11 is 8.56. The molecule has 1 nitrogen and oxygen atoms in total. The lowest BCUT2D eigenvalue weighted by molar-refractivity contribution is 0.651. The van der Waals surface area contributed by atoms with Gasteiger partial charge in [-0.15, -0.1) is 34.6 Å². The molecule has 0 unspecified atom stereocenters. The van der Waals surface area contributed by atoms with Crippen LogP contribution in [0.15, 0.2) is 0 Å². The fourth-order valence-corrected chi connectivity index (χ4v) is 18.2. The minimum absolute atomic E-state index is 0.0598. The van der Waals surface area contributed by atoms with Crippen molar-refractivity contribution in [1.29, 1.82) is 0 Å². The maximum atomic E-state index is 10.0. The largest absolute Gasteiger partial charge is 0.354 e. The van der Waals surface area contributed by atoms with E-state index in [1.165, 1.54) is 0 Å². The average Bonchev–Trinajstić information content (AvgIpc) is 1.44. The van der Waals surface area contributed by atoms with Crippen LogP contribution >= 0.6 is 29.2 Å². The van der Waals surface area contributed by atoms with Crippen molar-refractivity contribution >= 4 is 39.2 Å². The highest BCUT2D eigenvalue weighted by Crippen LogP contribution is 2.61. The van der Waals surface area contributed by atoms with Crippen LogP contribution in [0.3, 0.4) is 0 Å². The second kappa shape index (κ2) is 4.13. The molecule has 0 fully saturated rings. The third-order valence-corrected chi connectivity index (χ3v) is 11.9. The van der Waals surface area contributed by atoms with Gasteiger partial charge in [-0.05, 0) is 0 Å². The zero-order valence-electron chi connectivity index (χ0n) is 9.20. The maximum absolute atomic E-state index is 10.0. The van der Waals surface area contributed by atoms with E-state index >= 15 is 0 Å². The molecule has 13 heavy (non-hydrogen) atoms. The second-order valence-corrected chi connectivity index (χ2v) is 17.8. The molecule has 0 heterocycles. The number of hydrogen-bond donors (Lipinski definition) is 3. The van der Waals surface area contributed by atoms with Crippen LogP contribution in [0.2, 0.25) is 0 Å². The van der Waals surface area contributed by atoms with Gasteiger partial charge in [-0.1, -0.05) is 41.5 Å². The molecular formula is C8H21OPS3. The molecule has 0 saturated carbocycles. The van der Waals surface area contributed by atoms with Crippen LogP contribution in [0.25, 0.3) is 0 Å². The first-order chi connectivity index (χ1) is 5.37. The summed E-state index contributed by atoms with van der Waals surface area (Å²) in [7, 11) is -0.181. The standard InChI is InChI=1S/C8H21OPS3/c1-7(2,3)13(8(4,5)6)10(9,11)12/h9,11-12H,1-6H3. The lowest BCUT2D eigenvalue weighted by Gasteiger charge is -2.38. The van der Waals surface area contributed by atoms with E-state index in [4.69, 9.17) is 0 Å². The normalized spacial score (nSPS) is 15.2. The molecule has 0 saturated heterocycles. The van der Waals surface area contributed by atoms with E-state index in [2.05, 4.69) is 66.0 Å². The fraction of sp³-hybridized carbons (Fsp3) is 1.00. The Hall–Kier alpha value is 1.44. The van der Waals surface area contributed by atoms with Crippen molar-refractivity contribution in [2.45, 2.75) is 51.0 Å². The van der Waals surface area contributed by atoms with Gasteiger partial charge in [0.05, 0.1) is 0 Å². The van der Waals surface area contributed by atoms with Gasteiger partial charge < -0.3 is 4.89 Å². The Bertz CT molecular complexity index is 217. The van der Waals surface area contributed by atoms with Gasteiger partial charge in [0.25, 0.3) is 0 Å². The quantitative estimate of drug-likeness (QED) is 0.448. The van der Waals surface area contributed by atoms with E-state index in [-0.39, 0.29) is 19.6 Å². The first kappa shape index (κ1) is 14.4. The van der Waals surface area contributed by atoms with Crippen molar-refractivity contribution in [3.8, 4) is 0 Å². The number of hydrogen-bond acceptors (Lipinski definition) is 0. The minimum atomic E-state index is -2.35. The first-order valence-corrected chi connectivity index (χ1v) is 10.1. The van der Waals surface area contributed by atoms with Crippen molar-refractivity contribution in [3.05, 3.63) is 0 Å².